The summed E-state index contributed by atoms with van der Waals surface area (Å²) in [5.74, 6) is 2.46. The molecule has 3 heterocycles. The molecule has 0 saturated carbocycles. The highest BCUT2D eigenvalue weighted by Gasteiger charge is 2.27. The fourth-order valence-electron chi connectivity index (χ4n) is 4.50. The molecule has 1 aromatic heterocycles. The van der Waals surface area contributed by atoms with E-state index in [0.29, 0.717) is 5.92 Å². The monoisotopic (exact) mass is 371 g/mol. The molecular formula is C21H30FN5. The first kappa shape index (κ1) is 18.6. The van der Waals surface area contributed by atoms with Gasteiger partial charge in [0.05, 0.1) is 6.54 Å². The van der Waals surface area contributed by atoms with Crippen LogP contribution < -0.4 is 0 Å². The van der Waals surface area contributed by atoms with Crippen molar-refractivity contribution in [2.24, 2.45) is 7.05 Å². The third kappa shape index (κ3) is 4.22. The number of benzene rings is 1. The Hall–Kier alpha value is -1.79. The normalized spacial score (nSPS) is 21.8. The summed E-state index contributed by atoms with van der Waals surface area (Å²) in [5.41, 5.74) is 2.24. The first-order valence-electron chi connectivity index (χ1n) is 10.2. The van der Waals surface area contributed by atoms with E-state index in [0.717, 1.165) is 49.8 Å². The van der Waals surface area contributed by atoms with Gasteiger partial charge >= 0.3 is 0 Å². The van der Waals surface area contributed by atoms with Crippen LogP contribution in [0.15, 0.2) is 18.2 Å². The molecule has 2 saturated heterocycles. The maximum absolute atomic E-state index is 13.4. The van der Waals surface area contributed by atoms with E-state index in [1.54, 1.807) is 12.1 Å². The van der Waals surface area contributed by atoms with Gasteiger partial charge < -0.3 is 4.57 Å². The number of rotatable bonds is 5. The van der Waals surface area contributed by atoms with Crippen molar-refractivity contribution in [1.82, 2.24) is 24.6 Å². The van der Waals surface area contributed by atoms with Crippen molar-refractivity contribution < 1.29 is 4.39 Å². The molecule has 1 aromatic carbocycles. The Bertz CT molecular complexity index is 781. The number of hydrogen-bond acceptors (Lipinski definition) is 4. The summed E-state index contributed by atoms with van der Waals surface area (Å²) >= 11 is 0. The number of hydrogen-bond donors (Lipinski definition) is 0. The van der Waals surface area contributed by atoms with Gasteiger partial charge in [-0.3, -0.25) is 9.80 Å². The molecule has 146 valence electrons. The van der Waals surface area contributed by atoms with Gasteiger partial charge in [0, 0.05) is 26.1 Å². The summed E-state index contributed by atoms with van der Waals surface area (Å²) in [6, 6.07) is 5.12. The summed E-state index contributed by atoms with van der Waals surface area (Å²) in [6.07, 6.45) is 4.92. The topological polar surface area (TPSA) is 37.2 Å². The van der Waals surface area contributed by atoms with E-state index in [1.165, 1.54) is 37.9 Å². The number of nitrogens with zero attached hydrogens (tertiary/aromatic N) is 5. The maximum Gasteiger partial charge on any atom is 0.146 e. The Morgan fingerprint density at radius 1 is 1.04 bits per heavy atom. The van der Waals surface area contributed by atoms with Gasteiger partial charge in [0.2, 0.25) is 0 Å². The summed E-state index contributed by atoms with van der Waals surface area (Å²) in [7, 11) is 2.11. The van der Waals surface area contributed by atoms with Crippen molar-refractivity contribution in [1.29, 1.82) is 0 Å². The number of likely N-dealkylation sites (tertiary alicyclic amines) is 2. The van der Waals surface area contributed by atoms with E-state index < -0.39 is 0 Å². The molecule has 0 spiro atoms. The van der Waals surface area contributed by atoms with Crippen LogP contribution in [0.3, 0.4) is 0 Å². The van der Waals surface area contributed by atoms with E-state index in [2.05, 4.69) is 31.6 Å². The Balaban J connectivity index is 1.42. The third-order valence-corrected chi connectivity index (χ3v) is 6.13. The van der Waals surface area contributed by atoms with Crippen molar-refractivity contribution in [3.63, 3.8) is 0 Å². The van der Waals surface area contributed by atoms with Gasteiger partial charge in [0.25, 0.3) is 0 Å². The highest BCUT2D eigenvalue weighted by atomic mass is 19.1. The highest BCUT2D eigenvalue weighted by Crippen LogP contribution is 2.27. The summed E-state index contributed by atoms with van der Waals surface area (Å²) < 4.78 is 15.6. The fourth-order valence-corrected chi connectivity index (χ4v) is 4.50. The van der Waals surface area contributed by atoms with E-state index in [4.69, 9.17) is 0 Å². The van der Waals surface area contributed by atoms with Crippen LogP contribution >= 0.6 is 0 Å². The van der Waals surface area contributed by atoms with Crippen LogP contribution in [0.4, 0.5) is 4.39 Å². The molecule has 0 bridgehead atoms. The first-order valence-corrected chi connectivity index (χ1v) is 10.2. The zero-order valence-electron chi connectivity index (χ0n) is 16.5. The van der Waals surface area contributed by atoms with E-state index in [9.17, 15) is 4.39 Å². The molecule has 4 rings (SSSR count). The lowest BCUT2D eigenvalue weighted by Crippen LogP contribution is -2.35. The molecule has 0 radical (unpaired) electrons. The predicted octanol–water partition coefficient (Wildman–Crippen LogP) is 3.24. The van der Waals surface area contributed by atoms with Crippen LogP contribution in [0.1, 0.15) is 54.4 Å². The Morgan fingerprint density at radius 3 is 2.59 bits per heavy atom. The van der Waals surface area contributed by atoms with E-state index in [-0.39, 0.29) is 5.82 Å². The zero-order chi connectivity index (χ0) is 18.8. The lowest BCUT2D eigenvalue weighted by Gasteiger charge is -2.32. The summed E-state index contributed by atoms with van der Waals surface area (Å²) in [6.45, 7) is 8.22. The van der Waals surface area contributed by atoms with Crippen LogP contribution in [-0.2, 0) is 20.1 Å². The van der Waals surface area contributed by atoms with Crippen LogP contribution in [-0.4, -0.2) is 50.7 Å². The molecule has 2 aromatic rings. The second kappa shape index (κ2) is 8.07. The van der Waals surface area contributed by atoms with Gasteiger partial charge in [-0.1, -0.05) is 6.07 Å². The van der Waals surface area contributed by atoms with E-state index in [1.807, 2.05) is 13.0 Å². The molecular weight excluding hydrogens is 341 g/mol. The molecule has 2 fully saturated rings. The molecule has 0 unspecified atom stereocenters. The lowest BCUT2D eigenvalue weighted by molar-refractivity contribution is 0.194. The first-order chi connectivity index (χ1) is 13.1. The second-order valence-corrected chi connectivity index (χ2v) is 8.16. The number of aromatic nitrogens is 3. The minimum absolute atomic E-state index is 0.155. The average Bonchev–Trinajstić information content (AvgIpc) is 3.29. The van der Waals surface area contributed by atoms with Crippen molar-refractivity contribution >= 4 is 0 Å². The van der Waals surface area contributed by atoms with Crippen molar-refractivity contribution in [2.45, 2.75) is 51.6 Å². The van der Waals surface area contributed by atoms with Gasteiger partial charge in [-0.05, 0) is 75.5 Å². The van der Waals surface area contributed by atoms with Gasteiger partial charge in [0.1, 0.15) is 17.5 Å². The molecule has 6 heteroatoms. The molecule has 0 N–H and O–H groups in total. The van der Waals surface area contributed by atoms with Crippen LogP contribution in [0, 0.1) is 12.7 Å². The number of piperidine rings is 1. The van der Waals surface area contributed by atoms with Crippen LogP contribution in [0.25, 0.3) is 0 Å². The summed E-state index contributed by atoms with van der Waals surface area (Å²) in [4.78, 5) is 4.95. The second-order valence-electron chi connectivity index (χ2n) is 8.16. The lowest BCUT2D eigenvalue weighted by atomic mass is 9.96. The van der Waals surface area contributed by atoms with Crippen molar-refractivity contribution in [2.75, 3.05) is 26.2 Å². The van der Waals surface area contributed by atoms with Gasteiger partial charge in [-0.25, -0.2) is 4.39 Å². The van der Waals surface area contributed by atoms with Gasteiger partial charge in [0.15, 0.2) is 0 Å². The largest absolute Gasteiger partial charge is 0.317 e. The smallest absolute Gasteiger partial charge is 0.146 e. The predicted molar refractivity (Wildman–Crippen MR) is 104 cm³/mol. The quantitative estimate of drug-likeness (QED) is 0.809. The molecule has 0 aliphatic carbocycles. The average molecular weight is 372 g/mol. The van der Waals surface area contributed by atoms with Gasteiger partial charge in [-0.15, -0.1) is 10.2 Å². The van der Waals surface area contributed by atoms with Crippen molar-refractivity contribution in [3.05, 3.63) is 46.8 Å². The maximum atomic E-state index is 13.4. The number of halogens is 1. The standard InChI is InChI=1S/C21H30FN5/c1-16-12-19(22)8-7-17(16)13-27-11-5-6-18(14-27)21-24-23-20(25(21)2)15-26-9-3-4-10-26/h7-8,12,18H,3-6,9-11,13-15H2,1-2H3/t18-/m0/s1. The van der Waals surface area contributed by atoms with E-state index >= 15 is 0 Å². The third-order valence-electron chi connectivity index (χ3n) is 6.13. The Kier molecular flexibility index (Phi) is 5.55. The molecule has 0 amide bonds. The molecule has 1 atom stereocenters. The number of aryl methyl sites for hydroxylation is 1. The van der Waals surface area contributed by atoms with Crippen LogP contribution in [0.2, 0.25) is 0 Å². The fraction of sp³-hybridized carbons (Fsp3) is 0.619. The Labute approximate surface area is 161 Å². The van der Waals surface area contributed by atoms with Crippen LogP contribution in [0.5, 0.6) is 0 Å². The van der Waals surface area contributed by atoms with Gasteiger partial charge in [-0.2, -0.15) is 0 Å². The minimum atomic E-state index is -0.155. The summed E-state index contributed by atoms with van der Waals surface area (Å²) in [5, 5.41) is 9.06. The molecule has 2 aliphatic heterocycles. The Morgan fingerprint density at radius 2 is 1.81 bits per heavy atom. The highest BCUT2D eigenvalue weighted by molar-refractivity contribution is 5.26. The molecule has 5 nitrogen and oxygen atoms in total. The van der Waals surface area contributed by atoms with Crippen molar-refractivity contribution in [3.8, 4) is 0 Å². The zero-order valence-corrected chi connectivity index (χ0v) is 16.5. The minimum Gasteiger partial charge on any atom is -0.317 e. The molecule has 27 heavy (non-hydrogen) atoms. The SMILES string of the molecule is Cc1cc(F)ccc1CN1CCC[C@H](c2nnc(CN3CCCC3)n2C)C1. The molecule has 2 aliphatic rings.